The van der Waals surface area contributed by atoms with Gasteiger partial charge in [-0.2, -0.15) is 0 Å². The number of benzene rings is 1. The van der Waals surface area contributed by atoms with Crippen LogP contribution in [0.25, 0.3) is 0 Å². The van der Waals surface area contributed by atoms with Gasteiger partial charge in [-0.05, 0) is 43.9 Å². The first kappa shape index (κ1) is 15.1. The summed E-state index contributed by atoms with van der Waals surface area (Å²) >= 11 is 6.02. The van der Waals surface area contributed by atoms with Crippen molar-refractivity contribution in [1.82, 2.24) is 0 Å². The van der Waals surface area contributed by atoms with Crippen LogP contribution in [0, 0.1) is 5.92 Å². The lowest BCUT2D eigenvalue weighted by Crippen LogP contribution is -2.32. The van der Waals surface area contributed by atoms with Gasteiger partial charge in [0.05, 0.1) is 11.4 Å². The summed E-state index contributed by atoms with van der Waals surface area (Å²) in [7, 11) is 3.89. The molecule has 20 heavy (non-hydrogen) atoms. The fraction of sp³-hybridized carbons (Fsp3) is 0.533. The minimum Gasteiger partial charge on any atom is -0.376 e. The van der Waals surface area contributed by atoms with Gasteiger partial charge in [0.25, 0.3) is 0 Å². The summed E-state index contributed by atoms with van der Waals surface area (Å²) in [6, 6.07) is 5.78. The van der Waals surface area contributed by atoms with E-state index >= 15 is 0 Å². The van der Waals surface area contributed by atoms with Gasteiger partial charge in [0.15, 0.2) is 0 Å². The van der Waals surface area contributed by atoms with E-state index < -0.39 is 0 Å². The van der Waals surface area contributed by atoms with Crippen molar-refractivity contribution in [2.45, 2.75) is 31.7 Å². The van der Waals surface area contributed by atoms with Gasteiger partial charge in [-0.1, -0.05) is 11.6 Å². The molecule has 0 heterocycles. The number of hydrogen-bond donors (Lipinski definition) is 2. The van der Waals surface area contributed by atoms with Crippen LogP contribution in [0.1, 0.15) is 25.7 Å². The van der Waals surface area contributed by atoms with E-state index in [1.807, 2.05) is 31.1 Å². The number of hydrogen-bond acceptors (Lipinski definition) is 3. The minimum absolute atomic E-state index is 0.0591. The summed E-state index contributed by atoms with van der Waals surface area (Å²) in [5, 5.41) is 3.63. The van der Waals surface area contributed by atoms with Crippen LogP contribution in [-0.2, 0) is 4.79 Å². The molecule has 5 heteroatoms. The highest BCUT2D eigenvalue weighted by Crippen LogP contribution is 2.30. The van der Waals surface area contributed by atoms with Crippen LogP contribution >= 0.6 is 11.6 Å². The number of anilines is 2. The second-order valence-corrected chi connectivity index (χ2v) is 6.09. The smallest absolute Gasteiger partial charge is 0.227 e. The maximum Gasteiger partial charge on any atom is 0.227 e. The molecule has 0 unspecified atom stereocenters. The Bertz CT molecular complexity index is 482. The fourth-order valence-electron chi connectivity index (χ4n) is 2.61. The number of nitrogens with zero attached hydrogens (tertiary/aromatic N) is 1. The van der Waals surface area contributed by atoms with Crippen LogP contribution in [0.4, 0.5) is 11.4 Å². The lowest BCUT2D eigenvalue weighted by atomic mass is 9.86. The number of carbonyl (C=O) groups is 1. The summed E-state index contributed by atoms with van der Waals surface area (Å²) in [6.07, 6.45) is 3.58. The van der Waals surface area contributed by atoms with Crippen LogP contribution in [0.5, 0.6) is 0 Å². The van der Waals surface area contributed by atoms with Crippen LogP contribution < -0.4 is 16.0 Å². The van der Waals surface area contributed by atoms with Crippen molar-refractivity contribution in [3.63, 3.8) is 0 Å². The first-order valence-electron chi connectivity index (χ1n) is 7.00. The normalized spacial score (nSPS) is 22.4. The molecule has 2 rings (SSSR count). The number of nitrogens with one attached hydrogen (secondary N) is 1. The van der Waals surface area contributed by atoms with Gasteiger partial charge in [-0.3, -0.25) is 4.79 Å². The Labute approximate surface area is 125 Å². The van der Waals surface area contributed by atoms with Gasteiger partial charge in [0.2, 0.25) is 5.91 Å². The molecule has 0 aromatic heterocycles. The van der Waals surface area contributed by atoms with E-state index in [9.17, 15) is 4.79 Å². The van der Waals surface area contributed by atoms with Crippen molar-refractivity contribution in [3.8, 4) is 0 Å². The third-order valence-electron chi connectivity index (χ3n) is 3.84. The third kappa shape index (κ3) is 3.64. The van der Waals surface area contributed by atoms with Crippen molar-refractivity contribution in [1.29, 1.82) is 0 Å². The predicted molar refractivity (Wildman–Crippen MR) is 84.3 cm³/mol. The first-order chi connectivity index (χ1) is 9.47. The molecule has 1 aliphatic rings. The molecule has 1 aliphatic carbocycles. The van der Waals surface area contributed by atoms with Crippen LogP contribution in [0.15, 0.2) is 18.2 Å². The Morgan fingerprint density at radius 2 is 1.95 bits per heavy atom. The van der Waals surface area contributed by atoms with E-state index in [-0.39, 0.29) is 17.9 Å². The van der Waals surface area contributed by atoms with Gasteiger partial charge >= 0.3 is 0 Å². The maximum atomic E-state index is 12.3. The first-order valence-corrected chi connectivity index (χ1v) is 7.38. The van der Waals surface area contributed by atoms with Gasteiger partial charge in [0, 0.05) is 31.1 Å². The van der Waals surface area contributed by atoms with E-state index in [4.69, 9.17) is 17.3 Å². The third-order valence-corrected chi connectivity index (χ3v) is 4.08. The van der Waals surface area contributed by atoms with Crippen LogP contribution in [0.3, 0.4) is 0 Å². The van der Waals surface area contributed by atoms with Gasteiger partial charge in [0.1, 0.15) is 0 Å². The Hall–Kier alpha value is -1.26. The lowest BCUT2D eigenvalue weighted by molar-refractivity contribution is -0.120. The highest BCUT2D eigenvalue weighted by molar-refractivity contribution is 6.31. The largest absolute Gasteiger partial charge is 0.376 e. The maximum absolute atomic E-state index is 12.3. The highest BCUT2D eigenvalue weighted by Gasteiger charge is 2.25. The molecule has 3 N–H and O–H groups in total. The molecular weight excluding hydrogens is 274 g/mol. The molecule has 0 saturated heterocycles. The zero-order valence-electron chi connectivity index (χ0n) is 12.0. The molecular formula is C15H22ClN3O. The van der Waals surface area contributed by atoms with E-state index in [0.717, 1.165) is 37.1 Å². The fourth-order valence-corrected chi connectivity index (χ4v) is 2.79. The molecule has 1 aromatic rings. The van der Waals surface area contributed by atoms with Gasteiger partial charge in [-0.15, -0.1) is 0 Å². The monoisotopic (exact) mass is 295 g/mol. The average molecular weight is 296 g/mol. The molecule has 0 bridgehead atoms. The Morgan fingerprint density at radius 1 is 1.30 bits per heavy atom. The Kier molecular flexibility index (Phi) is 4.89. The summed E-state index contributed by atoms with van der Waals surface area (Å²) in [6.45, 7) is 0. The molecule has 1 aromatic carbocycles. The van der Waals surface area contributed by atoms with Crippen LogP contribution in [-0.4, -0.2) is 26.0 Å². The standard InChI is InChI=1S/C15H22ClN3O/c1-19(2)14-8-5-11(16)9-13(14)18-15(20)10-3-6-12(17)7-4-10/h5,8-10,12H,3-4,6-7,17H2,1-2H3,(H,18,20). The lowest BCUT2D eigenvalue weighted by Gasteiger charge is -2.26. The van der Waals surface area contributed by atoms with E-state index in [1.165, 1.54) is 0 Å². The van der Waals surface area contributed by atoms with Crippen molar-refractivity contribution >= 4 is 28.9 Å². The predicted octanol–water partition coefficient (Wildman–Crippen LogP) is 2.86. The summed E-state index contributed by atoms with van der Waals surface area (Å²) < 4.78 is 0. The van der Waals surface area contributed by atoms with Crippen molar-refractivity contribution in [2.24, 2.45) is 11.7 Å². The number of amides is 1. The van der Waals surface area contributed by atoms with Crippen molar-refractivity contribution in [3.05, 3.63) is 23.2 Å². The molecule has 1 saturated carbocycles. The Balaban J connectivity index is 2.09. The zero-order chi connectivity index (χ0) is 14.7. The average Bonchev–Trinajstić information content (AvgIpc) is 2.39. The number of nitrogens with two attached hydrogens (primary N) is 1. The van der Waals surface area contributed by atoms with E-state index in [2.05, 4.69) is 5.32 Å². The molecule has 0 aliphatic heterocycles. The van der Waals surface area contributed by atoms with E-state index in [0.29, 0.717) is 5.02 Å². The molecule has 0 atom stereocenters. The molecule has 0 radical (unpaired) electrons. The summed E-state index contributed by atoms with van der Waals surface area (Å²) in [5.41, 5.74) is 7.60. The second kappa shape index (κ2) is 6.46. The number of rotatable bonds is 3. The summed E-state index contributed by atoms with van der Waals surface area (Å²) in [5.74, 6) is 0.131. The topological polar surface area (TPSA) is 58.4 Å². The van der Waals surface area contributed by atoms with Gasteiger partial charge < -0.3 is 16.0 Å². The zero-order valence-corrected chi connectivity index (χ0v) is 12.8. The SMILES string of the molecule is CN(C)c1ccc(Cl)cc1NC(=O)C1CCC(N)CC1. The quantitative estimate of drug-likeness (QED) is 0.901. The van der Waals surface area contributed by atoms with Crippen molar-refractivity contribution < 1.29 is 4.79 Å². The second-order valence-electron chi connectivity index (χ2n) is 5.66. The number of halogens is 1. The molecule has 1 fully saturated rings. The Morgan fingerprint density at radius 3 is 2.55 bits per heavy atom. The summed E-state index contributed by atoms with van der Waals surface area (Å²) in [4.78, 5) is 14.3. The van der Waals surface area contributed by atoms with Crippen LogP contribution in [0.2, 0.25) is 5.02 Å². The van der Waals surface area contributed by atoms with Gasteiger partial charge in [-0.25, -0.2) is 0 Å². The number of carbonyl (C=O) groups excluding carboxylic acids is 1. The van der Waals surface area contributed by atoms with E-state index in [1.54, 1.807) is 6.07 Å². The molecule has 4 nitrogen and oxygen atoms in total. The van der Waals surface area contributed by atoms with Crippen molar-refractivity contribution in [2.75, 3.05) is 24.3 Å². The highest BCUT2D eigenvalue weighted by atomic mass is 35.5. The minimum atomic E-state index is 0.0591. The molecule has 1 amide bonds. The molecule has 110 valence electrons. The molecule has 0 spiro atoms.